The lowest BCUT2D eigenvalue weighted by atomic mass is 9.89. The van der Waals surface area contributed by atoms with Crippen molar-refractivity contribution in [2.75, 3.05) is 11.9 Å². The highest BCUT2D eigenvalue weighted by molar-refractivity contribution is 5.94. The van der Waals surface area contributed by atoms with Crippen LogP contribution in [0.25, 0.3) is 11.0 Å². The fourth-order valence-corrected chi connectivity index (χ4v) is 3.26. The van der Waals surface area contributed by atoms with Gasteiger partial charge in [0.2, 0.25) is 5.91 Å². The molecule has 2 aromatic rings. The topological polar surface area (TPSA) is 88.4 Å². The van der Waals surface area contributed by atoms with Gasteiger partial charge < -0.3 is 15.1 Å². The molecule has 0 atom stereocenters. The third kappa shape index (κ3) is 4.26. The average Bonchev–Trinajstić information content (AvgIpc) is 2.60. The van der Waals surface area contributed by atoms with E-state index in [4.69, 9.17) is 4.42 Å². The van der Waals surface area contributed by atoms with Crippen molar-refractivity contribution in [2.45, 2.75) is 39.0 Å². The lowest BCUT2D eigenvalue weighted by molar-refractivity contribution is -0.114. The van der Waals surface area contributed by atoms with Crippen LogP contribution in [0.15, 0.2) is 33.5 Å². The van der Waals surface area contributed by atoms with Gasteiger partial charge in [-0.3, -0.25) is 14.4 Å². The van der Waals surface area contributed by atoms with Crippen LogP contribution in [0.3, 0.4) is 0 Å². The van der Waals surface area contributed by atoms with Crippen LogP contribution in [-0.4, -0.2) is 18.4 Å². The molecule has 1 aliphatic rings. The Morgan fingerprint density at radius 2 is 1.92 bits per heavy atom. The molecule has 0 radical (unpaired) electrons. The molecular formula is C19H22N2O4. The van der Waals surface area contributed by atoms with Crippen molar-refractivity contribution in [3.05, 3.63) is 40.2 Å². The standard InChI is InChI=1S/C19H22N2O4/c1-12(22)21-14-7-8-17-15(9-14)16(23)10-18(25-17)19(24)20-11-13-5-3-2-4-6-13/h7-10,13H,2-6,11H2,1H3,(H,20,24)(H,21,22). The zero-order valence-electron chi connectivity index (χ0n) is 14.3. The number of hydrogen-bond donors (Lipinski definition) is 2. The number of carbonyl (C=O) groups is 2. The van der Waals surface area contributed by atoms with Gasteiger partial charge in [0, 0.05) is 25.2 Å². The third-order valence-corrected chi connectivity index (χ3v) is 4.55. The maximum Gasteiger partial charge on any atom is 0.287 e. The smallest absolute Gasteiger partial charge is 0.287 e. The Morgan fingerprint density at radius 3 is 2.64 bits per heavy atom. The molecule has 0 bridgehead atoms. The van der Waals surface area contributed by atoms with E-state index >= 15 is 0 Å². The second kappa shape index (κ2) is 7.51. The van der Waals surface area contributed by atoms with E-state index in [1.807, 2.05) is 0 Å². The van der Waals surface area contributed by atoms with E-state index in [1.54, 1.807) is 18.2 Å². The highest BCUT2D eigenvalue weighted by atomic mass is 16.3. The van der Waals surface area contributed by atoms with Crippen molar-refractivity contribution in [2.24, 2.45) is 5.92 Å². The molecule has 1 aromatic heterocycles. The van der Waals surface area contributed by atoms with Gasteiger partial charge in [-0.2, -0.15) is 0 Å². The Bertz CT molecular complexity index is 850. The molecule has 6 heteroatoms. The van der Waals surface area contributed by atoms with Gasteiger partial charge >= 0.3 is 0 Å². The van der Waals surface area contributed by atoms with Gasteiger partial charge in [0.1, 0.15) is 5.58 Å². The van der Waals surface area contributed by atoms with Crippen LogP contribution in [0, 0.1) is 5.92 Å². The van der Waals surface area contributed by atoms with Crippen LogP contribution in [0.1, 0.15) is 49.6 Å². The Kier molecular flexibility index (Phi) is 5.16. The van der Waals surface area contributed by atoms with Crippen molar-refractivity contribution in [1.82, 2.24) is 5.32 Å². The summed E-state index contributed by atoms with van der Waals surface area (Å²) in [5, 5.41) is 5.82. The van der Waals surface area contributed by atoms with E-state index in [1.165, 1.54) is 32.3 Å². The first-order valence-electron chi connectivity index (χ1n) is 8.66. The number of amides is 2. The fraction of sp³-hybridized carbons (Fsp3) is 0.421. The lowest BCUT2D eigenvalue weighted by Crippen LogP contribution is -2.30. The van der Waals surface area contributed by atoms with Gasteiger partial charge in [0.25, 0.3) is 5.91 Å². The minimum absolute atomic E-state index is 0.0144. The Hall–Kier alpha value is -2.63. The highest BCUT2D eigenvalue weighted by Crippen LogP contribution is 2.23. The molecule has 132 valence electrons. The first-order valence-corrected chi connectivity index (χ1v) is 8.66. The molecular weight excluding hydrogens is 320 g/mol. The summed E-state index contributed by atoms with van der Waals surface area (Å²) >= 11 is 0. The normalized spacial score (nSPS) is 15.1. The van der Waals surface area contributed by atoms with Crippen molar-refractivity contribution < 1.29 is 14.0 Å². The largest absolute Gasteiger partial charge is 0.451 e. The molecule has 1 fully saturated rings. The number of nitrogens with one attached hydrogen (secondary N) is 2. The second-order valence-corrected chi connectivity index (χ2v) is 6.58. The summed E-state index contributed by atoms with van der Waals surface area (Å²) in [5.74, 6) is -0.0661. The van der Waals surface area contributed by atoms with Crippen molar-refractivity contribution in [3.63, 3.8) is 0 Å². The minimum atomic E-state index is -0.365. The number of hydrogen-bond acceptors (Lipinski definition) is 4. The van der Waals surface area contributed by atoms with Gasteiger partial charge in [0.15, 0.2) is 11.2 Å². The van der Waals surface area contributed by atoms with Crippen LogP contribution < -0.4 is 16.1 Å². The van der Waals surface area contributed by atoms with Gasteiger partial charge in [-0.15, -0.1) is 0 Å². The van der Waals surface area contributed by atoms with E-state index in [0.717, 1.165) is 12.8 Å². The van der Waals surface area contributed by atoms with Crippen molar-refractivity contribution in [3.8, 4) is 0 Å². The Labute approximate surface area is 145 Å². The number of rotatable bonds is 4. The van der Waals surface area contributed by atoms with Gasteiger partial charge in [-0.25, -0.2) is 0 Å². The SMILES string of the molecule is CC(=O)Nc1ccc2oc(C(=O)NCC3CCCCC3)cc(=O)c2c1. The summed E-state index contributed by atoms with van der Waals surface area (Å²) in [6.45, 7) is 2.01. The number of benzene rings is 1. The van der Waals surface area contributed by atoms with Gasteiger partial charge in [-0.05, 0) is 37.0 Å². The van der Waals surface area contributed by atoms with E-state index < -0.39 is 0 Å². The summed E-state index contributed by atoms with van der Waals surface area (Å²) in [7, 11) is 0. The van der Waals surface area contributed by atoms with E-state index in [0.29, 0.717) is 29.1 Å². The molecule has 6 nitrogen and oxygen atoms in total. The number of carbonyl (C=O) groups excluding carboxylic acids is 2. The third-order valence-electron chi connectivity index (χ3n) is 4.55. The highest BCUT2D eigenvalue weighted by Gasteiger charge is 2.17. The molecule has 25 heavy (non-hydrogen) atoms. The van der Waals surface area contributed by atoms with Crippen LogP contribution in [0.2, 0.25) is 0 Å². The average molecular weight is 342 g/mol. The Balaban J connectivity index is 1.76. The molecule has 3 rings (SSSR count). The maximum atomic E-state index is 12.3. The van der Waals surface area contributed by atoms with E-state index in [9.17, 15) is 14.4 Å². The number of anilines is 1. The summed E-state index contributed by atoms with van der Waals surface area (Å²) in [5.41, 5.74) is 0.530. The first-order chi connectivity index (χ1) is 12.0. The molecule has 1 saturated carbocycles. The predicted octanol–water partition coefficient (Wildman–Crippen LogP) is 3.06. The fourth-order valence-electron chi connectivity index (χ4n) is 3.26. The van der Waals surface area contributed by atoms with Crippen molar-refractivity contribution >= 4 is 28.5 Å². The molecule has 0 spiro atoms. The second-order valence-electron chi connectivity index (χ2n) is 6.58. The summed E-state index contributed by atoms with van der Waals surface area (Å²) < 4.78 is 5.58. The Morgan fingerprint density at radius 1 is 1.16 bits per heavy atom. The summed E-state index contributed by atoms with van der Waals surface area (Å²) in [4.78, 5) is 35.7. The molecule has 1 aromatic carbocycles. The monoisotopic (exact) mass is 342 g/mol. The first kappa shape index (κ1) is 17.2. The van der Waals surface area contributed by atoms with Crippen LogP contribution in [0.4, 0.5) is 5.69 Å². The quantitative estimate of drug-likeness (QED) is 0.894. The molecule has 1 aliphatic carbocycles. The molecule has 0 unspecified atom stereocenters. The zero-order valence-corrected chi connectivity index (χ0v) is 14.3. The van der Waals surface area contributed by atoms with Gasteiger partial charge in [0.05, 0.1) is 5.39 Å². The van der Waals surface area contributed by atoms with Gasteiger partial charge in [-0.1, -0.05) is 19.3 Å². The molecule has 0 aliphatic heterocycles. The zero-order chi connectivity index (χ0) is 17.8. The van der Waals surface area contributed by atoms with Crippen molar-refractivity contribution in [1.29, 1.82) is 0 Å². The van der Waals surface area contributed by atoms with E-state index in [-0.39, 0.29) is 23.0 Å². The van der Waals surface area contributed by atoms with E-state index in [2.05, 4.69) is 10.6 Å². The molecule has 2 amide bonds. The predicted molar refractivity (Wildman–Crippen MR) is 95.7 cm³/mol. The number of fused-ring (bicyclic) bond motifs is 1. The summed E-state index contributed by atoms with van der Waals surface area (Å²) in [6.07, 6.45) is 5.96. The molecule has 1 heterocycles. The molecule has 0 saturated heterocycles. The maximum absolute atomic E-state index is 12.3. The lowest BCUT2D eigenvalue weighted by Gasteiger charge is -2.21. The van der Waals surface area contributed by atoms with Crippen LogP contribution in [0.5, 0.6) is 0 Å². The minimum Gasteiger partial charge on any atom is -0.451 e. The van der Waals surface area contributed by atoms with Crippen LogP contribution >= 0.6 is 0 Å². The summed E-state index contributed by atoms with van der Waals surface area (Å²) in [6, 6.07) is 5.97. The van der Waals surface area contributed by atoms with Crippen LogP contribution in [-0.2, 0) is 4.79 Å². The molecule has 2 N–H and O–H groups in total.